The van der Waals surface area contributed by atoms with Crippen molar-refractivity contribution in [3.63, 3.8) is 0 Å². The average Bonchev–Trinajstić information content (AvgIpc) is 3.44. The highest BCUT2D eigenvalue weighted by atomic mass is 32.1. The fourth-order valence-corrected chi connectivity index (χ4v) is 4.55. The van der Waals surface area contributed by atoms with Gasteiger partial charge in [-0.25, -0.2) is 14.5 Å². The van der Waals surface area contributed by atoms with E-state index in [1.807, 2.05) is 55.6 Å². The number of amides is 2. The van der Waals surface area contributed by atoms with Gasteiger partial charge in [0.2, 0.25) is 0 Å². The molecule has 1 fully saturated rings. The van der Waals surface area contributed by atoms with Crippen LogP contribution < -0.4 is 10.6 Å². The van der Waals surface area contributed by atoms with Gasteiger partial charge in [0, 0.05) is 29.5 Å². The summed E-state index contributed by atoms with van der Waals surface area (Å²) in [5, 5.41) is 11.2. The van der Waals surface area contributed by atoms with E-state index in [1.54, 1.807) is 17.1 Å². The molecular formula is C25H26N6O2S. The third kappa shape index (κ3) is 4.85. The summed E-state index contributed by atoms with van der Waals surface area (Å²) in [6.45, 7) is 5.39. The lowest BCUT2D eigenvalue weighted by atomic mass is 9.85. The van der Waals surface area contributed by atoms with E-state index in [0.717, 1.165) is 34.7 Å². The van der Waals surface area contributed by atoms with E-state index in [1.165, 1.54) is 16.9 Å². The first-order valence-corrected chi connectivity index (χ1v) is 12.0. The van der Waals surface area contributed by atoms with Crippen molar-refractivity contribution in [1.29, 1.82) is 0 Å². The number of nitrogens with one attached hydrogen (secondary N) is 2. The number of benzene rings is 1. The Morgan fingerprint density at radius 3 is 2.59 bits per heavy atom. The molecule has 4 heterocycles. The standard InChI is InChI=1S/C25H26N6O2S/c1-17-3-6-19(7-4-17)31-22(13-21(30-31)25(2)15-33-16-25)28-23(32)29-24-27-14-20(34-24)8-5-18-9-11-26-12-10-18/h3-4,6-7,9-14H,5,8,15-16H2,1-2H3,(H2,27,28,29,32). The van der Waals surface area contributed by atoms with Crippen molar-refractivity contribution in [2.75, 3.05) is 23.8 Å². The molecule has 0 spiro atoms. The second kappa shape index (κ2) is 9.36. The van der Waals surface area contributed by atoms with Crippen LogP contribution in [0, 0.1) is 6.92 Å². The number of rotatable bonds is 7. The normalized spacial score (nSPS) is 14.4. The Morgan fingerprint density at radius 1 is 1.12 bits per heavy atom. The number of nitrogens with zero attached hydrogens (tertiary/aromatic N) is 4. The third-order valence-electron chi connectivity index (χ3n) is 5.87. The Hall–Kier alpha value is -3.56. The summed E-state index contributed by atoms with van der Waals surface area (Å²) in [5.41, 5.74) is 4.00. The van der Waals surface area contributed by atoms with Crippen LogP contribution in [0.2, 0.25) is 0 Å². The molecular weight excluding hydrogens is 448 g/mol. The molecule has 1 saturated heterocycles. The van der Waals surface area contributed by atoms with Gasteiger partial charge in [-0.05, 0) is 56.5 Å². The maximum atomic E-state index is 12.8. The average molecular weight is 475 g/mol. The summed E-state index contributed by atoms with van der Waals surface area (Å²) in [6.07, 6.45) is 7.16. The molecule has 2 amide bonds. The maximum Gasteiger partial charge on any atom is 0.326 e. The van der Waals surface area contributed by atoms with E-state index in [4.69, 9.17) is 9.84 Å². The molecule has 0 aliphatic carbocycles. The molecule has 0 radical (unpaired) electrons. The number of carbonyl (C=O) groups is 1. The molecule has 0 atom stereocenters. The number of aryl methyl sites for hydroxylation is 3. The zero-order valence-corrected chi connectivity index (χ0v) is 19.9. The Morgan fingerprint density at radius 2 is 1.88 bits per heavy atom. The molecule has 5 rings (SSSR count). The van der Waals surface area contributed by atoms with E-state index in [2.05, 4.69) is 27.5 Å². The second-order valence-corrected chi connectivity index (χ2v) is 9.90. The number of hydrogen-bond donors (Lipinski definition) is 2. The molecule has 34 heavy (non-hydrogen) atoms. The quantitative estimate of drug-likeness (QED) is 0.403. The fraction of sp³-hybridized carbons (Fsp3) is 0.280. The molecule has 0 saturated carbocycles. The van der Waals surface area contributed by atoms with Gasteiger partial charge >= 0.3 is 6.03 Å². The number of carbonyl (C=O) groups excluding carboxylic acids is 1. The van der Waals surface area contributed by atoms with Crippen molar-refractivity contribution >= 4 is 28.3 Å². The molecule has 1 aliphatic rings. The second-order valence-electron chi connectivity index (χ2n) is 8.78. The van der Waals surface area contributed by atoms with Gasteiger partial charge in [0.15, 0.2) is 5.13 Å². The Kier molecular flexibility index (Phi) is 6.12. The first-order valence-electron chi connectivity index (χ1n) is 11.2. The number of aromatic nitrogens is 4. The third-order valence-corrected chi connectivity index (χ3v) is 6.85. The van der Waals surface area contributed by atoms with Crippen molar-refractivity contribution in [3.05, 3.63) is 82.8 Å². The predicted molar refractivity (Wildman–Crippen MR) is 133 cm³/mol. The lowest BCUT2D eigenvalue weighted by molar-refractivity contribution is -0.0522. The number of anilines is 2. The molecule has 174 valence electrons. The van der Waals surface area contributed by atoms with E-state index in [0.29, 0.717) is 24.2 Å². The molecule has 0 bridgehead atoms. The van der Waals surface area contributed by atoms with E-state index in [-0.39, 0.29) is 11.4 Å². The Balaban J connectivity index is 1.28. The highest BCUT2D eigenvalue weighted by Crippen LogP contribution is 2.33. The maximum absolute atomic E-state index is 12.8. The largest absolute Gasteiger partial charge is 0.379 e. The topological polar surface area (TPSA) is 94.0 Å². The van der Waals surface area contributed by atoms with Crippen molar-refractivity contribution < 1.29 is 9.53 Å². The van der Waals surface area contributed by atoms with Crippen LogP contribution in [0.1, 0.15) is 28.6 Å². The van der Waals surface area contributed by atoms with Gasteiger partial charge in [0.1, 0.15) is 5.82 Å². The summed E-state index contributed by atoms with van der Waals surface area (Å²) >= 11 is 1.48. The van der Waals surface area contributed by atoms with Crippen LogP contribution in [-0.2, 0) is 23.0 Å². The fourth-order valence-electron chi connectivity index (χ4n) is 3.75. The summed E-state index contributed by atoms with van der Waals surface area (Å²) in [6, 6.07) is 13.6. The van der Waals surface area contributed by atoms with Crippen LogP contribution >= 0.6 is 11.3 Å². The van der Waals surface area contributed by atoms with Gasteiger partial charge in [-0.15, -0.1) is 11.3 Å². The molecule has 1 aromatic carbocycles. The van der Waals surface area contributed by atoms with Crippen LogP contribution in [0.5, 0.6) is 0 Å². The molecule has 2 N–H and O–H groups in total. The molecule has 1 aliphatic heterocycles. The van der Waals surface area contributed by atoms with Gasteiger partial charge < -0.3 is 4.74 Å². The predicted octanol–water partition coefficient (Wildman–Crippen LogP) is 4.75. The van der Waals surface area contributed by atoms with Gasteiger partial charge in [-0.1, -0.05) is 17.7 Å². The number of urea groups is 1. The van der Waals surface area contributed by atoms with Gasteiger partial charge in [0.05, 0.1) is 30.0 Å². The van der Waals surface area contributed by atoms with E-state index in [9.17, 15) is 4.79 Å². The van der Waals surface area contributed by atoms with Gasteiger partial charge in [-0.3, -0.25) is 15.6 Å². The number of thiazole rings is 1. The van der Waals surface area contributed by atoms with Crippen molar-refractivity contribution in [2.24, 2.45) is 0 Å². The molecule has 0 unspecified atom stereocenters. The number of hydrogen-bond acceptors (Lipinski definition) is 6. The molecule has 4 aromatic rings. The van der Waals surface area contributed by atoms with Crippen molar-refractivity contribution in [1.82, 2.24) is 19.7 Å². The van der Waals surface area contributed by atoms with Gasteiger partial charge in [-0.2, -0.15) is 5.10 Å². The first kappa shape index (κ1) is 22.2. The summed E-state index contributed by atoms with van der Waals surface area (Å²) in [5.74, 6) is 0.596. The minimum absolute atomic E-state index is 0.151. The van der Waals surface area contributed by atoms with Crippen molar-refractivity contribution in [3.8, 4) is 5.69 Å². The van der Waals surface area contributed by atoms with E-state index < -0.39 is 0 Å². The Bertz CT molecular complexity index is 1280. The number of ether oxygens (including phenoxy) is 1. The summed E-state index contributed by atoms with van der Waals surface area (Å²) in [7, 11) is 0. The zero-order valence-electron chi connectivity index (χ0n) is 19.1. The van der Waals surface area contributed by atoms with Crippen molar-refractivity contribution in [2.45, 2.75) is 32.1 Å². The minimum Gasteiger partial charge on any atom is -0.379 e. The minimum atomic E-state index is -0.357. The summed E-state index contributed by atoms with van der Waals surface area (Å²) < 4.78 is 7.18. The van der Waals surface area contributed by atoms with Crippen LogP contribution in [-0.4, -0.2) is 39.0 Å². The lowest BCUT2D eigenvalue weighted by Gasteiger charge is -2.36. The first-order chi connectivity index (χ1) is 16.5. The number of pyridine rings is 1. The van der Waals surface area contributed by atoms with Crippen LogP contribution in [0.25, 0.3) is 5.69 Å². The van der Waals surface area contributed by atoms with E-state index >= 15 is 0 Å². The van der Waals surface area contributed by atoms with Crippen LogP contribution in [0.3, 0.4) is 0 Å². The summed E-state index contributed by atoms with van der Waals surface area (Å²) in [4.78, 5) is 22.3. The Labute approximate surface area is 202 Å². The molecule has 9 heteroatoms. The van der Waals surface area contributed by atoms with Crippen LogP contribution in [0.4, 0.5) is 15.7 Å². The molecule has 8 nitrogen and oxygen atoms in total. The van der Waals surface area contributed by atoms with Crippen LogP contribution in [0.15, 0.2) is 61.1 Å². The highest BCUT2D eigenvalue weighted by molar-refractivity contribution is 7.15. The lowest BCUT2D eigenvalue weighted by Crippen LogP contribution is -2.44. The zero-order chi connectivity index (χ0) is 23.5. The smallest absolute Gasteiger partial charge is 0.326 e. The highest BCUT2D eigenvalue weighted by Gasteiger charge is 2.38. The SMILES string of the molecule is Cc1ccc(-n2nc(C3(C)COC3)cc2NC(=O)Nc2ncc(CCc3ccncc3)s2)cc1. The monoisotopic (exact) mass is 474 g/mol. The van der Waals surface area contributed by atoms with Gasteiger partial charge in [0.25, 0.3) is 0 Å². The molecule has 3 aromatic heterocycles.